The van der Waals surface area contributed by atoms with Gasteiger partial charge in [0.2, 0.25) is 11.9 Å². The number of hydrogen-bond donors (Lipinski definition) is 3. The van der Waals surface area contributed by atoms with Crippen LogP contribution in [0.25, 0.3) is 10.9 Å². The van der Waals surface area contributed by atoms with E-state index in [9.17, 15) is 27.9 Å². The van der Waals surface area contributed by atoms with Crippen molar-refractivity contribution in [2.75, 3.05) is 107 Å². The molecule has 4 aromatic heterocycles. The second kappa shape index (κ2) is 25.9. The average Bonchev–Trinajstić information content (AvgIpc) is 1.96. The normalized spacial score (nSPS) is 20.0. The molecule has 8 heterocycles. The molecule has 4 aliphatic heterocycles. The zero-order valence-electron chi connectivity index (χ0n) is 50.9. The number of aromatic nitrogens is 7. The Bertz CT molecular complexity index is 3260. The van der Waals surface area contributed by atoms with Crippen molar-refractivity contribution in [3.63, 3.8) is 0 Å². The number of sulfone groups is 1. The summed E-state index contributed by atoms with van der Waals surface area (Å²) in [5.41, 5.74) is 2.95. The van der Waals surface area contributed by atoms with Gasteiger partial charge in [-0.15, -0.1) is 0 Å². The molecule has 22 nitrogen and oxygen atoms in total. The number of pyridine rings is 1. The van der Waals surface area contributed by atoms with Crippen LogP contribution in [0.15, 0.2) is 48.0 Å². The lowest BCUT2D eigenvalue weighted by Gasteiger charge is -2.48. The Labute approximate surface area is 492 Å². The summed E-state index contributed by atoms with van der Waals surface area (Å²) in [6.07, 6.45) is 6.59. The number of anilines is 4. The Kier molecular flexibility index (Phi) is 19.5. The second-order valence-electron chi connectivity index (χ2n) is 24.5. The number of halogens is 2. The van der Waals surface area contributed by atoms with E-state index >= 15 is 8.78 Å². The van der Waals surface area contributed by atoms with Crippen molar-refractivity contribution in [1.29, 1.82) is 0 Å². The van der Waals surface area contributed by atoms with Gasteiger partial charge in [-0.1, -0.05) is 47.5 Å². The summed E-state index contributed by atoms with van der Waals surface area (Å²) in [6.45, 7) is 28.9. The van der Waals surface area contributed by atoms with Gasteiger partial charge in [0, 0.05) is 155 Å². The highest BCUT2D eigenvalue weighted by atomic mass is 32.2. The minimum Gasteiger partial charge on any atom is -0.492 e. The number of aromatic amines is 1. The lowest BCUT2D eigenvalue weighted by Crippen LogP contribution is -2.64. The van der Waals surface area contributed by atoms with E-state index in [0.29, 0.717) is 124 Å². The molecule has 3 N–H and O–H groups in total. The Morgan fingerprint density at radius 2 is 1.57 bits per heavy atom. The monoisotopic (exact) mass is 1190 g/mol. The fourth-order valence-electron chi connectivity index (χ4n) is 11.3. The number of carbonyl (C=O) groups is 3. The van der Waals surface area contributed by atoms with E-state index in [2.05, 4.69) is 75.9 Å². The quantitative estimate of drug-likeness (QED) is 0.0749. The number of amides is 3. The summed E-state index contributed by atoms with van der Waals surface area (Å²) in [5.74, 6) is -1.76. The molecule has 0 spiro atoms. The number of carboxylic acid groups (broad SMARTS) is 1. The molecule has 1 aromatic carbocycles. The zero-order chi connectivity index (χ0) is 61.1. The van der Waals surface area contributed by atoms with Crippen LogP contribution in [0.4, 0.5) is 36.8 Å². The zero-order valence-corrected chi connectivity index (χ0v) is 51.7. The molecule has 3 atom stereocenters. The minimum absolute atomic E-state index is 0.00273. The number of carbonyl (C=O) groups excluding carboxylic acids is 2. The maximum absolute atomic E-state index is 15.1. The topological polar surface area (TPSA) is 243 Å². The highest BCUT2D eigenvalue weighted by Crippen LogP contribution is 2.43. The van der Waals surface area contributed by atoms with E-state index in [1.54, 1.807) is 62.0 Å². The van der Waals surface area contributed by atoms with E-state index in [-0.39, 0.29) is 78.8 Å². The molecule has 0 radical (unpaired) electrons. The van der Waals surface area contributed by atoms with Gasteiger partial charge in [0.25, 0.3) is 11.8 Å². The maximum atomic E-state index is 15.1. The summed E-state index contributed by atoms with van der Waals surface area (Å²) in [5, 5.41) is 21.2. The van der Waals surface area contributed by atoms with Crippen LogP contribution >= 0.6 is 0 Å². The number of nitrogens with zero attached hydrogens (tertiary/aromatic N) is 13. The Morgan fingerprint density at radius 3 is 2.20 bits per heavy atom. The van der Waals surface area contributed by atoms with Crippen LogP contribution in [0.2, 0.25) is 0 Å². The number of rotatable bonds is 17. The van der Waals surface area contributed by atoms with Gasteiger partial charge in [0.05, 0.1) is 40.4 Å². The number of alkyl halides is 2. The van der Waals surface area contributed by atoms with Crippen molar-refractivity contribution in [3.8, 4) is 5.75 Å². The van der Waals surface area contributed by atoms with Gasteiger partial charge in [-0.25, -0.2) is 41.9 Å². The van der Waals surface area contributed by atoms with Crippen LogP contribution in [-0.2, 0) is 26.0 Å². The van der Waals surface area contributed by atoms with Crippen molar-refractivity contribution in [2.24, 2.45) is 0 Å². The van der Waals surface area contributed by atoms with Gasteiger partial charge in [-0.05, 0) is 67.0 Å². The van der Waals surface area contributed by atoms with Gasteiger partial charge >= 0.3 is 6.09 Å². The second-order valence-corrected chi connectivity index (χ2v) is 27.2. The Morgan fingerprint density at radius 1 is 0.869 bits per heavy atom. The third-order valence-corrected chi connectivity index (χ3v) is 18.9. The molecule has 0 bridgehead atoms. The average molecular weight is 1190 g/mol. The molecule has 0 saturated carbocycles. The lowest BCUT2D eigenvalue weighted by molar-refractivity contribution is -0.121. The Hall–Kier alpha value is -6.70. The summed E-state index contributed by atoms with van der Waals surface area (Å²) in [6, 6.07) is 3.95. The highest BCUT2D eigenvalue weighted by molar-refractivity contribution is 7.92. The maximum Gasteiger partial charge on any atom is 0.407 e. The van der Waals surface area contributed by atoms with E-state index < -0.39 is 32.0 Å². The van der Waals surface area contributed by atoms with Crippen molar-refractivity contribution >= 4 is 61.9 Å². The number of ether oxygens (including phenoxy) is 1. The molecule has 3 saturated heterocycles. The predicted molar refractivity (Wildman–Crippen MR) is 319 cm³/mol. The van der Waals surface area contributed by atoms with Crippen LogP contribution in [0.3, 0.4) is 0 Å². The smallest absolute Gasteiger partial charge is 0.407 e. The van der Waals surface area contributed by atoms with E-state index in [0.717, 1.165) is 11.3 Å². The summed E-state index contributed by atoms with van der Waals surface area (Å²) < 4.78 is 63.4. The van der Waals surface area contributed by atoms with Gasteiger partial charge in [0.15, 0.2) is 15.7 Å². The molecule has 4 aliphatic rings. The van der Waals surface area contributed by atoms with E-state index in [1.165, 1.54) is 29.9 Å². The predicted octanol–water partition coefficient (Wildman–Crippen LogP) is 7.89. The van der Waals surface area contributed by atoms with Crippen molar-refractivity contribution in [3.05, 3.63) is 71.2 Å². The molecule has 0 aliphatic carbocycles. The summed E-state index contributed by atoms with van der Waals surface area (Å²) >= 11 is 0. The standard InChI is InChI=1S/C56H77F2N15O7S.C3H8/c1-11-13-56(57,58)40-22-44-48(59-27-40)55(9,10)33-73(44)47(74)32-71-29-36(3)72(53(76)77)31-41(71)30-69-19-20-70(28-35(69)2)52-60-25-39(26-61-52)51(75)68-17-15-67(16-18-68)14-12-21-80-45-24-43-42(23-46(45)81(78,79)54(6,7)8)50(63-34-62-43)64-49-37(4)38(5)65-66-49;1-3-2/h22-27,34-36,41H,11-21,28-33H2,1-10H3,(H,76,77)(H2,62,63,64,65,66);3H2,1-2H3/t35-,36-,41+;/m1./s1. The lowest BCUT2D eigenvalue weighted by atomic mass is 9.91. The first-order valence-corrected chi connectivity index (χ1v) is 30.9. The SMILES string of the molecule is CCC.CCCC(F)(F)c1cnc2c(c1)N(C(=O)CN1C[C@@H](C)N(C(=O)O)C[C@@H]1CN1CCN(c3ncc(C(=O)N4CCN(CCCOc5cc6ncnc(Nc7n[nH]c(C)c7C)c6cc5S(=O)(=O)C(C)(C)C)CC4)cn3)C[C@H]1C)CC2(C)C. The molecule has 3 fully saturated rings. The number of piperazine rings is 3. The Balaban J connectivity index is 0.00000300. The number of hydrogen-bond acceptors (Lipinski definition) is 17. The van der Waals surface area contributed by atoms with Gasteiger partial charge in [-0.3, -0.25) is 34.4 Å². The van der Waals surface area contributed by atoms with Crippen molar-refractivity contribution < 1.29 is 41.4 Å². The van der Waals surface area contributed by atoms with Crippen molar-refractivity contribution in [1.82, 2.24) is 59.6 Å². The number of nitrogens with one attached hydrogen (secondary N) is 2. The largest absolute Gasteiger partial charge is 0.492 e. The van der Waals surface area contributed by atoms with Gasteiger partial charge in [0.1, 0.15) is 22.8 Å². The molecule has 5 aromatic rings. The van der Waals surface area contributed by atoms with Crippen molar-refractivity contribution in [2.45, 2.75) is 148 Å². The summed E-state index contributed by atoms with van der Waals surface area (Å²) in [4.78, 5) is 76.6. The number of H-pyrrole nitrogens is 1. The first-order chi connectivity index (χ1) is 39.7. The first-order valence-electron chi connectivity index (χ1n) is 29.4. The molecular formula is C59H85F2N15O7S. The fraction of sp³-hybridized carbons (Fsp3) is 0.610. The van der Waals surface area contributed by atoms with Gasteiger partial charge < -0.3 is 34.8 Å². The third kappa shape index (κ3) is 13.8. The third-order valence-electron chi connectivity index (χ3n) is 16.4. The van der Waals surface area contributed by atoms with Crippen LogP contribution in [0, 0.1) is 13.8 Å². The molecule has 3 amide bonds. The molecular weight excluding hydrogens is 1100 g/mol. The van der Waals surface area contributed by atoms with E-state index in [4.69, 9.17) is 4.74 Å². The van der Waals surface area contributed by atoms with Crippen LogP contribution in [-0.4, -0.2) is 206 Å². The van der Waals surface area contributed by atoms with Crippen LogP contribution in [0.1, 0.15) is 128 Å². The molecule has 9 rings (SSSR count). The minimum atomic E-state index is -3.86. The number of fused-ring (bicyclic) bond motifs is 2. The first kappa shape index (κ1) is 63.3. The number of aryl methyl sites for hydroxylation is 1. The molecule has 0 unspecified atom stereocenters. The molecule has 84 heavy (non-hydrogen) atoms. The fourth-order valence-corrected chi connectivity index (χ4v) is 12.6. The van der Waals surface area contributed by atoms with Crippen LogP contribution in [0.5, 0.6) is 5.75 Å². The highest BCUT2D eigenvalue weighted by Gasteiger charge is 2.44. The van der Waals surface area contributed by atoms with E-state index in [1.807, 2.05) is 39.5 Å². The number of benzene rings is 1. The molecule has 458 valence electrons. The van der Waals surface area contributed by atoms with Crippen LogP contribution < -0.4 is 19.9 Å². The molecule has 25 heteroatoms. The van der Waals surface area contributed by atoms with Gasteiger partial charge in [-0.2, -0.15) is 5.10 Å². The summed E-state index contributed by atoms with van der Waals surface area (Å²) in [7, 11) is -3.86.